The molecule has 6 heteroatoms. The van der Waals surface area contributed by atoms with Gasteiger partial charge in [-0.2, -0.15) is 0 Å². The van der Waals surface area contributed by atoms with E-state index in [1.54, 1.807) is 6.33 Å². The Morgan fingerprint density at radius 2 is 1.59 bits per heavy atom. The van der Waals surface area contributed by atoms with Crippen LogP contribution < -0.4 is 14.7 Å². The van der Waals surface area contributed by atoms with Crippen LogP contribution in [0.5, 0.6) is 0 Å². The Morgan fingerprint density at radius 3 is 2.28 bits per heavy atom. The summed E-state index contributed by atoms with van der Waals surface area (Å²) in [5.41, 5.74) is 2.33. The number of piperazine rings is 1. The van der Waals surface area contributed by atoms with Crippen molar-refractivity contribution >= 4 is 17.3 Å². The molecule has 0 aliphatic carbocycles. The Kier molecular flexibility index (Phi) is 5.89. The normalized spacial score (nSPS) is 14.1. The number of hydrogen-bond donors (Lipinski definition) is 0. The second-order valence-corrected chi connectivity index (χ2v) is 7.18. The summed E-state index contributed by atoms with van der Waals surface area (Å²) in [6, 6.07) is 19.2. The lowest BCUT2D eigenvalue weighted by Crippen LogP contribution is -2.46. The Morgan fingerprint density at radius 1 is 0.897 bits per heavy atom. The van der Waals surface area contributed by atoms with Crippen molar-refractivity contribution in [3.8, 4) is 0 Å². The molecule has 1 saturated heterocycles. The van der Waals surface area contributed by atoms with Crippen LogP contribution >= 0.6 is 0 Å². The number of rotatable bonds is 6. The van der Waals surface area contributed by atoms with E-state index in [2.05, 4.69) is 61.9 Å². The third kappa shape index (κ3) is 4.65. The van der Waals surface area contributed by atoms with Gasteiger partial charge in [-0.3, -0.25) is 0 Å². The van der Waals surface area contributed by atoms with E-state index in [4.69, 9.17) is 0 Å². The molecule has 1 aliphatic heterocycles. The minimum Gasteiger partial charge on any atom is -0.368 e. The van der Waals surface area contributed by atoms with Gasteiger partial charge >= 0.3 is 0 Å². The number of anilines is 3. The number of hydrogen-bond acceptors (Lipinski definition) is 5. The molecule has 2 aromatic carbocycles. The van der Waals surface area contributed by atoms with Crippen molar-refractivity contribution in [1.29, 1.82) is 0 Å². The van der Waals surface area contributed by atoms with Gasteiger partial charge in [0.15, 0.2) is 0 Å². The predicted molar refractivity (Wildman–Crippen MR) is 116 cm³/mol. The van der Waals surface area contributed by atoms with Gasteiger partial charge in [-0.05, 0) is 36.8 Å². The van der Waals surface area contributed by atoms with Gasteiger partial charge in [0.05, 0.1) is 0 Å². The SMILES string of the molecule is CCN(Cc1ccccc1)c1cc(N2CCN(c3ccc(F)cc3)CC2)ncn1. The average molecular weight is 391 g/mol. The van der Waals surface area contributed by atoms with Crippen LogP contribution in [0.25, 0.3) is 0 Å². The van der Waals surface area contributed by atoms with Gasteiger partial charge in [-0.15, -0.1) is 0 Å². The van der Waals surface area contributed by atoms with Gasteiger partial charge < -0.3 is 14.7 Å². The van der Waals surface area contributed by atoms with Crippen LogP contribution in [0, 0.1) is 5.82 Å². The highest BCUT2D eigenvalue weighted by Gasteiger charge is 2.19. The lowest BCUT2D eigenvalue weighted by molar-refractivity contribution is 0.624. The van der Waals surface area contributed by atoms with E-state index in [1.807, 2.05) is 18.2 Å². The highest BCUT2D eigenvalue weighted by molar-refractivity contribution is 5.53. The van der Waals surface area contributed by atoms with Crippen LogP contribution in [0.3, 0.4) is 0 Å². The maximum atomic E-state index is 13.2. The second-order valence-electron chi connectivity index (χ2n) is 7.18. The van der Waals surface area contributed by atoms with Crippen molar-refractivity contribution in [3.63, 3.8) is 0 Å². The summed E-state index contributed by atoms with van der Waals surface area (Å²) in [5, 5.41) is 0. The van der Waals surface area contributed by atoms with Crippen LogP contribution in [0.2, 0.25) is 0 Å². The molecule has 1 fully saturated rings. The van der Waals surface area contributed by atoms with Crippen molar-refractivity contribution in [1.82, 2.24) is 9.97 Å². The Bertz CT molecular complexity index is 908. The summed E-state index contributed by atoms with van der Waals surface area (Å²) in [6.45, 7) is 7.36. The van der Waals surface area contributed by atoms with Crippen LogP contribution in [0.4, 0.5) is 21.7 Å². The van der Waals surface area contributed by atoms with E-state index < -0.39 is 0 Å². The minimum absolute atomic E-state index is 0.197. The zero-order valence-corrected chi connectivity index (χ0v) is 16.7. The summed E-state index contributed by atoms with van der Waals surface area (Å²) in [7, 11) is 0. The maximum Gasteiger partial charge on any atom is 0.134 e. The number of aromatic nitrogens is 2. The maximum absolute atomic E-state index is 13.2. The molecule has 3 aromatic rings. The topological polar surface area (TPSA) is 35.5 Å². The fraction of sp³-hybridized carbons (Fsp3) is 0.304. The van der Waals surface area contributed by atoms with Gasteiger partial charge in [0.1, 0.15) is 23.8 Å². The Balaban J connectivity index is 1.43. The van der Waals surface area contributed by atoms with E-state index in [0.29, 0.717) is 0 Å². The van der Waals surface area contributed by atoms with Gasteiger partial charge in [0, 0.05) is 51.0 Å². The lowest BCUT2D eigenvalue weighted by Gasteiger charge is -2.37. The molecule has 0 radical (unpaired) electrons. The minimum atomic E-state index is -0.197. The summed E-state index contributed by atoms with van der Waals surface area (Å²) in [6.07, 6.45) is 1.66. The molecule has 5 nitrogen and oxygen atoms in total. The largest absolute Gasteiger partial charge is 0.368 e. The second kappa shape index (κ2) is 8.90. The number of benzene rings is 2. The molecule has 0 N–H and O–H groups in total. The van der Waals surface area contributed by atoms with Crippen LogP contribution in [-0.2, 0) is 6.54 Å². The molecule has 0 unspecified atom stereocenters. The zero-order valence-electron chi connectivity index (χ0n) is 16.7. The zero-order chi connectivity index (χ0) is 20.1. The van der Waals surface area contributed by atoms with E-state index in [1.165, 1.54) is 17.7 Å². The highest BCUT2D eigenvalue weighted by Crippen LogP contribution is 2.22. The van der Waals surface area contributed by atoms with Crippen LogP contribution in [-0.4, -0.2) is 42.7 Å². The van der Waals surface area contributed by atoms with Gasteiger partial charge in [0.2, 0.25) is 0 Å². The number of halogens is 1. The fourth-order valence-electron chi connectivity index (χ4n) is 3.69. The van der Waals surface area contributed by atoms with E-state index in [9.17, 15) is 4.39 Å². The summed E-state index contributed by atoms with van der Waals surface area (Å²) in [4.78, 5) is 15.9. The molecule has 150 valence electrons. The highest BCUT2D eigenvalue weighted by atomic mass is 19.1. The molecule has 0 spiro atoms. The first-order chi connectivity index (χ1) is 14.2. The van der Waals surface area contributed by atoms with Crippen molar-refractivity contribution in [2.24, 2.45) is 0 Å². The summed E-state index contributed by atoms with van der Waals surface area (Å²) in [5.74, 6) is 1.71. The van der Waals surface area contributed by atoms with Crippen molar-refractivity contribution in [3.05, 3.63) is 78.4 Å². The van der Waals surface area contributed by atoms with E-state index >= 15 is 0 Å². The van der Waals surface area contributed by atoms with Gasteiger partial charge in [-0.25, -0.2) is 14.4 Å². The summed E-state index contributed by atoms with van der Waals surface area (Å²) < 4.78 is 13.2. The Labute approximate surface area is 171 Å². The predicted octanol–water partition coefficient (Wildman–Crippen LogP) is 3.97. The van der Waals surface area contributed by atoms with Gasteiger partial charge in [-0.1, -0.05) is 30.3 Å². The first-order valence-electron chi connectivity index (χ1n) is 10.1. The first kappa shape index (κ1) is 19.2. The van der Waals surface area contributed by atoms with E-state index in [-0.39, 0.29) is 5.82 Å². The average Bonchev–Trinajstić information content (AvgIpc) is 2.79. The van der Waals surface area contributed by atoms with Gasteiger partial charge in [0.25, 0.3) is 0 Å². The lowest BCUT2D eigenvalue weighted by atomic mass is 10.2. The molecule has 2 heterocycles. The quantitative estimate of drug-likeness (QED) is 0.635. The number of nitrogens with zero attached hydrogens (tertiary/aromatic N) is 5. The summed E-state index contributed by atoms with van der Waals surface area (Å²) >= 11 is 0. The molecule has 0 atom stereocenters. The molecule has 4 rings (SSSR count). The van der Waals surface area contributed by atoms with Crippen molar-refractivity contribution in [2.75, 3.05) is 47.4 Å². The molecule has 0 bridgehead atoms. The standard InChI is InChI=1S/C23H26FN5/c1-2-27(17-19-6-4-3-5-7-19)22-16-23(26-18-25-22)29-14-12-28(13-15-29)21-10-8-20(24)9-11-21/h3-11,16,18H,2,12-15,17H2,1H3. The fourth-order valence-corrected chi connectivity index (χ4v) is 3.69. The van der Waals surface area contributed by atoms with E-state index in [0.717, 1.165) is 56.6 Å². The third-order valence-electron chi connectivity index (χ3n) is 5.36. The smallest absolute Gasteiger partial charge is 0.134 e. The Hall–Kier alpha value is -3.15. The van der Waals surface area contributed by atoms with Crippen molar-refractivity contribution in [2.45, 2.75) is 13.5 Å². The van der Waals surface area contributed by atoms with Crippen LogP contribution in [0.1, 0.15) is 12.5 Å². The first-order valence-corrected chi connectivity index (χ1v) is 10.1. The molecule has 1 aliphatic rings. The molecular weight excluding hydrogens is 365 g/mol. The molecule has 0 saturated carbocycles. The third-order valence-corrected chi connectivity index (χ3v) is 5.36. The molecule has 1 aromatic heterocycles. The molecular formula is C23H26FN5. The van der Waals surface area contributed by atoms with Crippen LogP contribution in [0.15, 0.2) is 67.0 Å². The van der Waals surface area contributed by atoms with Crippen molar-refractivity contribution < 1.29 is 4.39 Å². The molecule has 0 amide bonds. The monoisotopic (exact) mass is 391 g/mol. The molecule has 29 heavy (non-hydrogen) atoms.